The highest BCUT2D eigenvalue weighted by atomic mass is 19.4. The fraction of sp³-hybridized carbons (Fsp3) is 0.250. The van der Waals surface area contributed by atoms with E-state index in [1.165, 1.54) is 6.07 Å². The van der Waals surface area contributed by atoms with Crippen LogP contribution in [0.4, 0.5) is 18.9 Å². The SMILES string of the molecule is Nc1ccc(CO)cc1C(F)(F)F. The molecule has 0 aliphatic carbocycles. The molecule has 13 heavy (non-hydrogen) atoms. The molecular weight excluding hydrogens is 183 g/mol. The van der Waals surface area contributed by atoms with Crippen molar-refractivity contribution < 1.29 is 18.3 Å². The second-order valence-corrected chi connectivity index (χ2v) is 2.58. The molecule has 0 amide bonds. The van der Waals surface area contributed by atoms with Crippen LogP contribution in [0.5, 0.6) is 0 Å². The van der Waals surface area contributed by atoms with Crippen LogP contribution in [0.25, 0.3) is 0 Å². The highest BCUT2D eigenvalue weighted by molar-refractivity contribution is 5.50. The van der Waals surface area contributed by atoms with E-state index in [1.54, 1.807) is 0 Å². The van der Waals surface area contributed by atoms with Gasteiger partial charge in [0.1, 0.15) is 0 Å². The molecule has 0 aliphatic heterocycles. The van der Waals surface area contributed by atoms with Crippen LogP contribution in [0.1, 0.15) is 11.1 Å². The number of benzene rings is 1. The minimum Gasteiger partial charge on any atom is -0.398 e. The van der Waals surface area contributed by atoms with Gasteiger partial charge in [0.15, 0.2) is 0 Å². The van der Waals surface area contributed by atoms with E-state index in [4.69, 9.17) is 10.8 Å². The van der Waals surface area contributed by atoms with Crippen molar-refractivity contribution >= 4 is 5.69 Å². The van der Waals surface area contributed by atoms with E-state index in [9.17, 15) is 13.2 Å². The Morgan fingerprint density at radius 3 is 2.38 bits per heavy atom. The lowest BCUT2D eigenvalue weighted by Gasteiger charge is -2.10. The molecule has 0 saturated heterocycles. The molecule has 0 atom stereocenters. The van der Waals surface area contributed by atoms with Crippen molar-refractivity contribution in [2.24, 2.45) is 0 Å². The van der Waals surface area contributed by atoms with Crippen molar-refractivity contribution in [1.29, 1.82) is 0 Å². The molecule has 0 spiro atoms. The number of alkyl halides is 3. The van der Waals surface area contributed by atoms with Crippen LogP contribution in [0.3, 0.4) is 0 Å². The summed E-state index contributed by atoms with van der Waals surface area (Å²) in [4.78, 5) is 0. The summed E-state index contributed by atoms with van der Waals surface area (Å²) in [6.45, 7) is -0.427. The van der Waals surface area contributed by atoms with E-state index in [0.717, 1.165) is 12.1 Å². The summed E-state index contributed by atoms with van der Waals surface area (Å²) in [5.74, 6) is 0. The van der Waals surface area contributed by atoms with Crippen LogP contribution < -0.4 is 5.73 Å². The molecule has 0 fully saturated rings. The van der Waals surface area contributed by atoms with Crippen LogP contribution in [0.15, 0.2) is 18.2 Å². The van der Waals surface area contributed by atoms with E-state index in [0.29, 0.717) is 0 Å². The molecule has 3 N–H and O–H groups in total. The second kappa shape index (κ2) is 3.26. The van der Waals surface area contributed by atoms with Gasteiger partial charge in [-0.2, -0.15) is 13.2 Å². The average molecular weight is 191 g/mol. The Hall–Kier alpha value is -1.23. The summed E-state index contributed by atoms with van der Waals surface area (Å²) in [5.41, 5.74) is 4.09. The van der Waals surface area contributed by atoms with E-state index in [-0.39, 0.29) is 11.3 Å². The van der Waals surface area contributed by atoms with Crippen LogP contribution in [0.2, 0.25) is 0 Å². The first-order valence-electron chi connectivity index (χ1n) is 3.51. The van der Waals surface area contributed by atoms with Gasteiger partial charge in [-0.1, -0.05) is 6.07 Å². The van der Waals surface area contributed by atoms with Gasteiger partial charge in [-0.05, 0) is 17.7 Å². The fourth-order valence-electron chi connectivity index (χ4n) is 0.947. The molecule has 1 aromatic rings. The van der Waals surface area contributed by atoms with Gasteiger partial charge in [0.25, 0.3) is 0 Å². The summed E-state index contributed by atoms with van der Waals surface area (Å²) < 4.78 is 36.6. The minimum absolute atomic E-state index is 0.196. The average Bonchev–Trinajstić information content (AvgIpc) is 2.03. The first-order valence-corrected chi connectivity index (χ1v) is 3.51. The first-order chi connectivity index (χ1) is 5.95. The number of anilines is 1. The van der Waals surface area contributed by atoms with Gasteiger partial charge >= 0.3 is 6.18 Å². The third kappa shape index (κ3) is 2.12. The first kappa shape index (κ1) is 9.85. The molecule has 1 aromatic carbocycles. The monoisotopic (exact) mass is 191 g/mol. The van der Waals surface area contributed by atoms with Gasteiger partial charge in [0.2, 0.25) is 0 Å². The van der Waals surface area contributed by atoms with Crippen molar-refractivity contribution in [3.8, 4) is 0 Å². The quantitative estimate of drug-likeness (QED) is 0.664. The molecule has 72 valence electrons. The Balaban J connectivity index is 3.19. The lowest BCUT2D eigenvalue weighted by Crippen LogP contribution is -2.09. The smallest absolute Gasteiger partial charge is 0.398 e. The number of rotatable bonds is 1. The zero-order chi connectivity index (χ0) is 10.1. The Labute approximate surface area is 72.8 Å². The highest BCUT2D eigenvalue weighted by Gasteiger charge is 2.32. The summed E-state index contributed by atoms with van der Waals surface area (Å²) in [7, 11) is 0. The van der Waals surface area contributed by atoms with Crippen molar-refractivity contribution in [1.82, 2.24) is 0 Å². The maximum Gasteiger partial charge on any atom is 0.418 e. The van der Waals surface area contributed by atoms with Crippen molar-refractivity contribution in [2.75, 3.05) is 5.73 Å². The number of hydrogen-bond donors (Lipinski definition) is 2. The summed E-state index contributed by atoms with van der Waals surface area (Å²) >= 11 is 0. The topological polar surface area (TPSA) is 46.2 Å². The van der Waals surface area contributed by atoms with Crippen molar-refractivity contribution in [3.05, 3.63) is 29.3 Å². The van der Waals surface area contributed by atoms with Gasteiger partial charge < -0.3 is 10.8 Å². The number of nitrogens with two attached hydrogens (primary N) is 1. The maximum absolute atomic E-state index is 12.2. The molecule has 0 saturated carbocycles. The van der Waals surface area contributed by atoms with E-state index in [1.807, 2.05) is 0 Å². The van der Waals surface area contributed by atoms with Crippen LogP contribution in [-0.4, -0.2) is 5.11 Å². The Bertz CT molecular complexity index is 309. The van der Waals surface area contributed by atoms with E-state index < -0.39 is 18.3 Å². The highest BCUT2D eigenvalue weighted by Crippen LogP contribution is 2.33. The van der Waals surface area contributed by atoms with Gasteiger partial charge in [-0.25, -0.2) is 0 Å². The normalized spacial score (nSPS) is 11.7. The summed E-state index contributed by atoms with van der Waals surface area (Å²) in [6, 6.07) is 3.33. The second-order valence-electron chi connectivity index (χ2n) is 2.58. The maximum atomic E-state index is 12.2. The fourth-order valence-corrected chi connectivity index (χ4v) is 0.947. The summed E-state index contributed by atoms with van der Waals surface area (Å²) in [6.07, 6.45) is -4.46. The van der Waals surface area contributed by atoms with Crippen molar-refractivity contribution in [3.63, 3.8) is 0 Å². The predicted octanol–water partition coefficient (Wildman–Crippen LogP) is 1.78. The van der Waals surface area contributed by atoms with E-state index >= 15 is 0 Å². The van der Waals surface area contributed by atoms with E-state index in [2.05, 4.69) is 0 Å². The van der Waals surface area contributed by atoms with Crippen LogP contribution in [0, 0.1) is 0 Å². The lowest BCUT2D eigenvalue weighted by molar-refractivity contribution is -0.137. The van der Waals surface area contributed by atoms with Crippen LogP contribution >= 0.6 is 0 Å². The third-order valence-corrected chi connectivity index (χ3v) is 1.61. The molecule has 0 aliphatic rings. The summed E-state index contributed by atoms with van der Waals surface area (Å²) in [5, 5.41) is 8.61. The van der Waals surface area contributed by atoms with Crippen molar-refractivity contribution in [2.45, 2.75) is 12.8 Å². The molecule has 2 nitrogen and oxygen atoms in total. The van der Waals surface area contributed by atoms with Crippen LogP contribution in [-0.2, 0) is 12.8 Å². The number of aliphatic hydroxyl groups excluding tert-OH is 1. The predicted molar refractivity (Wildman–Crippen MR) is 41.8 cm³/mol. The molecule has 0 radical (unpaired) electrons. The zero-order valence-electron chi connectivity index (χ0n) is 6.60. The number of nitrogen functional groups attached to an aromatic ring is 1. The number of aliphatic hydroxyl groups is 1. The third-order valence-electron chi connectivity index (χ3n) is 1.61. The standard InChI is InChI=1S/C8H8F3NO/c9-8(10,11)6-3-5(4-13)1-2-7(6)12/h1-3,13H,4,12H2. The van der Waals surface area contributed by atoms with Gasteiger partial charge in [-0.3, -0.25) is 0 Å². The molecular formula is C8H8F3NO. The molecule has 5 heteroatoms. The van der Waals surface area contributed by atoms with Gasteiger partial charge in [0, 0.05) is 5.69 Å². The number of halogens is 3. The molecule has 0 bridgehead atoms. The molecule has 0 aromatic heterocycles. The Morgan fingerprint density at radius 1 is 1.31 bits per heavy atom. The molecule has 0 unspecified atom stereocenters. The van der Waals surface area contributed by atoms with Gasteiger partial charge in [-0.15, -0.1) is 0 Å². The lowest BCUT2D eigenvalue weighted by atomic mass is 10.1. The molecule has 0 heterocycles. The zero-order valence-corrected chi connectivity index (χ0v) is 6.60. The largest absolute Gasteiger partial charge is 0.418 e. The number of hydrogen-bond acceptors (Lipinski definition) is 2. The Kier molecular flexibility index (Phi) is 2.47. The molecule has 1 rings (SSSR count). The Morgan fingerprint density at radius 2 is 1.92 bits per heavy atom. The minimum atomic E-state index is -4.46. The van der Waals surface area contributed by atoms with Gasteiger partial charge in [0.05, 0.1) is 12.2 Å².